The fourth-order valence-electron chi connectivity index (χ4n) is 3.68. The highest BCUT2D eigenvalue weighted by Crippen LogP contribution is 2.35. The van der Waals surface area contributed by atoms with Crippen LogP contribution in [-0.2, 0) is 19.8 Å². The molecule has 0 bridgehead atoms. The van der Waals surface area contributed by atoms with Crippen LogP contribution in [0.4, 0.5) is 30.6 Å². The molecule has 0 unspecified atom stereocenters. The summed E-state index contributed by atoms with van der Waals surface area (Å²) in [4.78, 5) is 22.3. The number of hydrogen-bond acceptors (Lipinski definition) is 7. The van der Waals surface area contributed by atoms with Crippen molar-refractivity contribution < 1.29 is 22.7 Å². The van der Waals surface area contributed by atoms with Crippen molar-refractivity contribution in [1.82, 2.24) is 24.6 Å². The minimum Gasteiger partial charge on any atom is -0.495 e. The third-order valence-electron chi connectivity index (χ3n) is 5.40. The lowest BCUT2D eigenvalue weighted by molar-refractivity contribution is -0.137. The van der Waals surface area contributed by atoms with E-state index >= 15 is 0 Å². The van der Waals surface area contributed by atoms with Gasteiger partial charge in [-0.15, -0.1) is 0 Å². The summed E-state index contributed by atoms with van der Waals surface area (Å²) in [6.45, 7) is 1.54. The molecule has 1 saturated heterocycles. The van der Waals surface area contributed by atoms with Gasteiger partial charge in [0.05, 0.1) is 19.0 Å². The van der Waals surface area contributed by atoms with Crippen molar-refractivity contribution in [1.29, 1.82) is 0 Å². The number of likely N-dealkylation sites (tertiary alicyclic amines) is 1. The van der Waals surface area contributed by atoms with E-state index in [1.54, 1.807) is 47.2 Å². The number of ether oxygens (including phenoxy) is 1. The third-order valence-corrected chi connectivity index (χ3v) is 5.40. The smallest absolute Gasteiger partial charge is 0.421 e. The normalized spacial score (nSPS) is 13.7. The number of benzene rings is 1. The number of aromatic nitrogens is 4. The Morgan fingerprint density at radius 3 is 2.62 bits per heavy atom. The third kappa shape index (κ3) is 5.21. The molecule has 0 atom stereocenters. The summed E-state index contributed by atoms with van der Waals surface area (Å²) >= 11 is 0. The molecule has 34 heavy (non-hydrogen) atoms. The molecule has 1 aromatic carbocycles. The molecular weight excluding hydrogens is 451 g/mol. The van der Waals surface area contributed by atoms with E-state index in [4.69, 9.17) is 4.74 Å². The number of amides is 1. The fraction of sp³-hybridized carbons (Fsp3) is 0.364. The van der Waals surface area contributed by atoms with Crippen LogP contribution in [0, 0.1) is 0 Å². The lowest BCUT2D eigenvalue weighted by atomic mass is 10.1. The minimum absolute atomic E-state index is 0.0568. The summed E-state index contributed by atoms with van der Waals surface area (Å²) in [6.07, 6.45) is 1.28. The minimum atomic E-state index is -4.63. The first-order valence-electron chi connectivity index (χ1n) is 10.6. The predicted octanol–water partition coefficient (Wildman–Crippen LogP) is 3.83. The van der Waals surface area contributed by atoms with Crippen LogP contribution < -0.4 is 15.4 Å². The number of methoxy groups -OCH3 is 1. The molecule has 4 rings (SSSR count). The molecule has 9 nitrogen and oxygen atoms in total. The van der Waals surface area contributed by atoms with Gasteiger partial charge in [-0.1, -0.05) is 0 Å². The van der Waals surface area contributed by atoms with Crippen LogP contribution in [0.25, 0.3) is 0 Å². The first-order valence-corrected chi connectivity index (χ1v) is 10.6. The molecule has 1 fully saturated rings. The summed E-state index contributed by atoms with van der Waals surface area (Å²) in [6, 6.07) is 4.84. The molecule has 2 N–H and O–H groups in total. The molecule has 3 aromatic rings. The van der Waals surface area contributed by atoms with Crippen LogP contribution in [0.5, 0.6) is 5.75 Å². The first kappa shape index (κ1) is 23.3. The van der Waals surface area contributed by atoms with E-state index in [-0.39, 0.29) is 24.2 Å². The van der Waals surface area contributed by atoms with E-state index in [2.05, 4.69) is 25.7 Å². The Hall–Kier alpha value is -3.83. The Kier molecular flexibility index (Phi) is 6.57. The van der Waals surface area contributed by atoms with E-state index in [1.165, 1.54) is 7.11 Å². The van der Waals surface area contributed by atoms with Gasteiger partial charge in [0, 0.05) is 50.2 Å². The Labute approximate surface area is 194 Å². The van der Waals surface area contributed by atoms with Crippen LogP contribution in [0.2, 0.25) is 0 Å². The zero-order valence-corrected chi connectivity index (χ0v) is 18.7. The van der Waals surface area contributed by atoms with E-state index in [0.29, 0.717) is 22.6 Å². The second-order valence-electron chi connectivity index (χ2n) is 7.87. The lowest BCUT2D eigenvalue weighted by Crippen LogP contribution is -2.27. The maximum atomic E-state index is 13.5. The Morgan fingerprint density at radius 2 is 1.97 bits per heavy atom. The van der Waals surface area contributed by atoms with Crippen LogP contribution in [0.3, 0.4) is 0 Å². The van der Waals surface area contributed by atoms with Gasteiger partial charge in [0.15, 0.2) is 0 Å². The van der Waals surface area contributed by atoms with Crippen LogP contribution in [0.1, 0.15) is 34.3 Å². The molecule has 3 heterocycles. The SMILES string of the molecule is COc1cc(C(=O)N2CCCC2)ccc1Nc1ncc(C(F)(F)F)c(NCc2cnn(C)c2)n1. The molecule has 1 aliphatic rings. The predicted molar refractivity (Wildman–Crippen MR) is 119 cm³/mol. The number of nitrogens with one attached hydrogen (secondary N) is 2. The number of nitrogens with zero attached hydrogens (tertiary/aromatic N) is 5. The van der Waals surface area contributed by atoms with Gasteiger partial charge in [-0.2, -0.15) is 23.3 Å². The summed E-state index contributed by atoms with van der Waals surface area (Å²) in [7, 11) is 3.16. The number of alkyl halides is 3. The number of anilines is 3. The summed E-state index contributed by atoms with van der Waals surface area (Å²) in [5.41, 5.74) is 0.596. The Balaban J connectivity index is 1.57. The summed E-state index contributed by atoms with van der Waals surface area (Å²) < 4.78 is 47.4. The zero-order chi connectivity index (χ0) is 24.3. The molecular formula is C22H24F3N7O2. The molecule has 12 heteroatoms. The van der Waals surface area contributed by atoms with E-state index < -0.39 is 11.7 Å². The number of rotatable bonds is 7. The van der Waals surface area contributed by atoms with Gasteiger partial charge in [0.1, 0.15) is 17.1 Å². The van der Waals surface area contributed by atoms with Crippen LogP contribution >= 0.6 is 0 Å². The van der Waals surface area contributed by atoms with Crippen molar-refractivity contribution in [3.05, 3.63) is 53.5 Å². The molecule has 1 aliphatic heterocycles. The second kappa shape index (κ2) is 9.57. The lowest BCUT2D eigenvalue weighted by Gasteiger charge is -2.17. The zero-order valence-electron chi connectivity index (χ0n) is 18.7. The van der Waals surface area contributed by atoms with Crippen molar-refractivity contribution in [2.45, 2.75) is 25.6 Å². The number of carbonyl (C=O) groups is 1. The number of aryl methyl sites for hydroxylation is 1. The summed E-state index contributed by atoms with van der Waals surface area (Å²) in [5, 5.41) is 9.60. The van der Waals surface area contributed by atoms with Crippen molar-refractivity contribution >= 4 is 23.4 Å². The average Bonchev–Trinajstić information content (AvgIpc) is 3.49. The highest BCUT2D eigenvalue weighted by atomic mass is 19.4. The van der Waals surface area contributed by atoms with E-state index in [1.807, 2.05) is 0 Å². The number of halogens is 3. The van der Waals surface area contributed by atoms with E-state index in [9.17, 15) is 18.0 Å². The van der Waals surface area contributed by atoms with Crippen molar-refractivity contribution in [3.63, 3.8) is 0 Å². The molecule has 2 aromatic heterocycles. The summed E-state index contributed by atoms with van der Waals surface area (Å²) in [5.74, 6) is -0.166. The van der Waals surface area contributed by atoms with Gasteiger partial charge in [-0.05, 0) is 31.0 Å². The van der Waals surface area contributed by atoms with Gasteiger partial charge >= 0.3 is 6.18 Å². The quantitative estimate of drug-likeness (QED) is 0.536. The monoisotopic (exact) mass is 475 g/mol. The van der Waals surface area contributed by atoms with Crippen molar-refractivity contribution in [2.24, 2.45) is 7.05 Å². The van der Waals surface area contributed by atoms with Crippen molar-refractivity contribution in [3.8, 4) is 5.75 Å². The highest BCUT2D eigenvalue weighted by molar-refractivity contribution is 5.95. The number of carbonyl (C=O) groups excluding carboxylic acids is 1. The molecule has 0 spiro atoms. The Morgan fingerprint density at radius 1 is 1.21 bits per heavy atom. The molecule has 180 valence electrons. The second-order valence-corrected chi connectivity index (χ2v) is 7.87. The van der Waals surface area contributed by atoms with Crippen LogP contribution in [-0.4, -0.2) is 50.8 Å². The van der Waals surface area contributed by atoms with Gasteiger partial charge in [0.25, 0.3) is 5.91 Å². The average molecular weight is 475 g/mol. The van der Waals surface area contributed by atoms with Gasteiger partial charge < -0.3 is 20.3 Å². The van der Waals surface area contributed by atoms with Crippen molar-refractivity contribution in [2.75, 3.05) is 30.8 Å². The Bertz CT molecular complexity index is 1170. The molecule has 0 radical (unpaired) electrons. The first-order chi connectivity index (χ1) is 16.2. The molecule has 0 saturated carbocycles. The topological polar surface area (TPSA) is 97.2 Å². The molecule has 1 amide bonds. The van der Waals surface area contributed by atoms with E-state index in [0.717, 1.165) is 32.1 Å². The largest absolute Gasteiger partial charge is 0.495 e. The maximum absolute atomic E-state index is 13.5. The van der Waals surface area contributed by atoms with Crippen LogP contribution in [0.15, 0.2) is 36.8 Å². The maximum Gasteiger partial charge on any atom is 0.421 e. The fourth-order valence-corrected chi connectivity index (χ4v) is 3.68. The van der Waals surface area contributed by atoms with Gasteiger partial charge in [-0.3, -0.25) is 9.48 Å². The highest BCUT2D eigenvalue weighted by Gasteiger charge is 2.35. The van der Waals surface area contributed by atoms with Gasteiger partial charge in [-0.25, -0.2) is 4.98 Å². The standard InChI is InChI=1S/C22H24F3N7O2/c1-31-13-14(11-28-31)10-26-19-16(22(23,24)25)12-27-21(30-19)29-17-6-5-15(9-18(17)34-2)20(33)32-7-3-4-8-32/h5-6,9,11-13H,3-4,7-8,10H2,1-2H3,(H2,26,27,29,30). The molecule has 0 aliphatic carbocycles. The van der Waals surface area contributed by atoms with Gasteiger partial charge in [0.2, 0.25) is 5.95 Å². The number of hydrogen-bond donors (Lipinski definition) is 2.